The van der Waals surface area contributed by atoms with Crippen molar-refractivity contribution in [3.8, 4) is 0 Å². The quantitative estimate of drug-likeness (QED) is 0.751. The fraction of sp³-hybridized carbons (Fsp3) is 0.500. The molecule has 0 unspecified atom stereocenters. The molecule has 1 aromatic carbocycles. The molecule has 1 aromatic rings. The minimum atomic E-state index is -3.46. The number of benzene rings is 1. The van der Waals surface area contributed by atoms with E-state index in [4.69, 9.17) is 0 Å². The lowest BCUT2D eigenvalue weighted by Gasteiger charge is -2.22. The second-order valence-electron chi connectivity index (χ2n) is 5.74. The van der Waals surface area contributed by atoms with Crippen molar-refractivity contribution in [1.29, 1.82) is 0 Å². The minimum absolute atomic E-state index is 0.138. The predicted molar refractivity (Wildman–Crippen MR) is 85.5 cm³/mol. The van der Waals surface area contributed by atoms with Crippen molar-refractivity contribution in [3.05, 3.63) is 42.5 Å². The summed E-state index contributed by atoms with van der Waals surface area (Å²) in [5.74, 6) is 0. The number of sulfonamides is 1. The molecule has 1 aliphatic carbocycles. The Morgan fingerprint density at radius 3 is 2.62 bits per heavy atom. The highest BCUT2D eigenvalue weighted by Gasteiger charge is 2.37. The first-order valence-electron chi connectivity index (χ1n) is 7.41. The lowest BCUT2D eigenvalue weighted by Crippen LogP contribution is -2.34. The monoisotopic (exact) mass is 308 g/mol. The van der Waals surface area contributed by atoms with Crippen LogP contribution >= 0.6 is 0 Å². The van der Waals surface area contributed by atoms with Gasteiger partial charge in [-0.25, -0.2) is 8.42 Å². The lowest BCUT2D eigenvalue weighted by atomic mass is 10.2. The highest BCUT2D eigenvalue weighted by molar-refractivity contribution is 7.89. The molecular formula is C16H24N2O2S. The van der Waals surface area contributed by atoms with Gasteiger partial charge < -0.3 is 5.32 Å². The number of nitrogens with one attached hydrogen (secondary N) is 1. The number of hydrogen-bond acceptors (Lipinski definition) is 3. The Morgan fingerprint density at radius 1 is 1.38 bits per heavy atom. The van der Waals surface area contributed by atoms with Crippen molar-refractivity contribution in [2.24, 2.45) is 0 Å². The van der Waals surface area contributed by atoms with Crippen molar-refractivity contribution in [2.75, 3.05) is 6.54 Å². The van der Waals surface area contributed by atoms with Crippen LogP contribution in [0.1, 0.15) is 32.3 Å². The van der Waals surface area contributed by atoms with Gasteiger partial charge in [-0.1, -0.05) is 38.1 Å². The van der Waals surface area contributed by atoms with Gasteiger partial charge in [0.1, 0.15) is 0 Å². The number of nitrogens with zero attached hydrogens (tertiary/aromatic N) is 1. The summed E-state index contributed by atoms with van der Waals surface area (Å²) in [5.41, 5.74) is 0.820. The Hall–Kier alpha value is -1.17. The third-order valence-electron chi connectivity index (χ3n) is 3.52. The molecule has 2 rings (SSSR count). The van der Waals surface area contributed by atoms with Gasteiger partial charge in [0, 0.05) is 25.2 Å². The highest BCUT2D eigenvalue weighted by Crippen LogP contribution is 2.32. The maximum absolute atomic E-state index is 12.9. The summed E-state index contributed by atoms with van der Waals surface area (Å²) in [6.45, 7) is 8.70. The van der Waals surface area contributed by atoms with E-state index in [9.17, 15) is 8.42 Å². The van der Waals surface area contributed by atoms with Crippen LogP contribution in [0.4, 0.5) is 0 Å². The minimum Gasteiger partial charge on any atom is -0.310 e. The lowest BCUT2D eigenvalue weighted by molar-refractivity contribution is 0.434. The molecule has 0 aliphatic heterocycles. The highest BCUT2D eigenvalue weighted by atomic mass is 32.2. The van der Waals surface area contributed by atoms with Gasteiger partial charge in [0.15, 0.2) is 0 Å². The molecule has 0 saturated heterocycles. The fourth-order valence-corrected chi connectivity index (χ4v) is 4.15. The largest absolute Gasteiger partial charge is 0.310 e. The van der Waals surface area contributed by atoms with E-state index >= 15 is 0 Å². The average molecular weight is 308 g/mol. The molecule has 0 radical (unpaired) electrons. The Balaban J connectivity index is 2.32. The van der Waals surface area contributed by atoms with E-state index in [-0.39, 0.29) is 6.04 Å². The third kappa shape index (κ3) is 3.93. The predicted octanol–water partition coefficient (Wildman–Crippen LogP) is 2.52. The normalized spacial score (nSPS) is 15.6. The fourth-order valence-electron chi connectivity index (χ4n) is 2.28. The average Bonchev–Trinajstić information content (AvgIpc) is 3.27. The summed E-state index contributed by atoms with van der Waals surface area (Å²) in [6.07, 6.45) is 3.55. The zero-order valence-corrected chi connectivity index (χ0v) is 13.6. The second kappa shape index (κ2) is 6.73. The van der Waals surface area contributed by atoms with E-state index in [0.29, 0.717) is 24.0 Å². The Kier molecular flexibility index (Phi) is 5.19. The first-order valence-corrected chi connectivity index (χ1v) is 8.85. The van der Waals surface area contributed by atoms with Gasteiger partial charge >= 0.3 is 0 Å². The molecule has 0 aromatic heterocycles. The van der Waals surface area contributed by atoms with Crippen molar-refractivity contribution in [2.45, 2.75) is 50.2 Å². The van der Waals surface area contributed by atoms with Crippen LogP contribution in [0.25, 0.3) is 0 Å². The molecule has 1 N–H and O–H groups in total. The summed E-state index contributed by atoms with van der Waals surface area (Å²) in [7, 11) is -3.46. The molecular weight excluding hydrogens is 284 g/mol. The Morgan fingerprint density at radius 2 is 2.05 bits per heavy atom. The molecule has 1 saturated carbocycles. The molecule has 1 fully saturated rings. The first kappa shape index (κ1) is 16.2. The summed E-state index contributed by atoms with van der Waals surface area (Å²) >= 11 is 0. The van der Waals surface area contributed by atoms with Crippen LogP contribution < -0.4 is 5.32 Å². The van der Waals surface area contributed by atoms with Crippen molar-refractivity contribution in [1.82, 2.24) is 9.62 Å². The summed E-state index contributed by atoms with van der Waals surface area (Å²) < 4.78 is 27.4. The topological polar surface area (TPSA) is 49.4 Å². The van der Waals surface area contributed by atoms with Crippen LogP contribution in [-0.4, -0.2) is 31.4 Å². The molecule has 0 amide bonds. The zero-order valence-electron chi connectivity index (χ0n) is 12.7. The maximum atomic E-state index is 12.9. The molecule has 1 aliphatic rings. The van der Waals surface area contributed by atoms with Crippen LogP contribution in [0.2, 0.25) is 0 Å². The first-order chi connectivity index (χ1) is 9.96. The molecule has 0 heterocycles. The van der Waals surface area contributed by atoms with Gasteiger partial charge in [-0.3, -0.25) is 0 Å². The van der Waals surface area contributed by atoms with Crippen LogP contribution in [0.5, 0.6) is 0 Å². The molecule has 0 bridgehead atoms. The van der Waals surface area contributed by atoms with Gasteiger partial charge in [-0.15, -0.1) is 6.58 Å². The zero-order chi connectivity index (χ0) is 15.5. The molecule has 5 heteroatoms. The Labute approximate surface area is 127 Å². The standard InChI is InChI=1S/C16H24N2O2S/c1-4-11-18(15-9-10-15)21(19,20)16-8-6-5-7-14(16)12-17-13(2)3/h4-8,13,15,17H,1,9-12H2,2-3H3. The Bertz CT molecular complexity index is 592. The van der Waals surface area contributed by atoms with E-state index in [2.05, 4.69) is 11.9 Å². The second-order valence-corrected chi connectivity index (χ2v) is 7.60. The van der Waals surface area contributed by atoms with Gasteiger partial charge in [0.2, 0.25) is 10.0 Å². The summed E-state index contributed by atoms with van der Waals surface area (Å²) in [6, 6.07) is 7.69. The molecule has 0 atom stereocenters. The van der Waals surface area contributed by atoms with Crippen LogP contribution in [0.3, 0.4) is 0 Å². The van der Waals surface area contributed by atoms with Gasteiger partial charge in [-0.05, 0) is 24.5 Å². The maximum Gasteiger partial charge on any atom is 0.243 e. The SMILES string of the molecule is C=CCN(C1CC1)S(=O)(=O)c1ccccc1CNC(C)C. The van der Waals surface area contributed by atoms with Gasteiger partial charge in [0.05, 0.1) is 4.90 Å². The van der Waals surface area contributed by atoms with Gasteiger partial charge in [0.25, 0.3) is 0 Å². The number of hydrogen-bond donors (Lipinski definition) is 1. The third-order valence-corrected chi connectivity index (χ3v) is 5.54. The van der Waals surface area contributed by atoms with Crippen LogP contribution in [-0.2, 0) is 16.6 Å². The molecule has 4 nitrogen and oxygen atoms in total. The van der Waals surface area contributed by atoms with Gasteiger partial charge in [-0.2, -0.15) is 4.31 Å². The smallest absolute Gasteiger partial charge is 0.243 e. The van der Waals surface area contributed by atoms with E-state index in [0.717, 1.165) is 18.4 Å². The number of rotatable bonds is 8. The van der Waals surface area contributed by atoms with E-state index in [1.807, 2.05) is 26.0 Å². The van der Waals surface area contributed by atoms with Crippen molar-refractivity contribution < 1.29 is 8.42 Å². The van der Waals surface area contributed by atoms with E-state index < -0.39 is 10.0 Å². The van der Waals surface area contributed by atoms with Crippen LogP contribution in [0, 0.1) is 0 Å². The van der Waals surface area contributed by atoms with E-state index in [1.54, 1.807) is 22.5 Å². The van der Waals surface area contributed by atoms with Crippen molar-refractivity contribution in [3.63, 3.8) is 0 Å². The van der Waals surface area contributed by atoms with Crippen LogP contribution in [0.15, 0.2) is 41.8 Å². The molecule has 21 heavy (non-hydrogen) atoms. The molecule has 0 spiro atoms. The van der Waals surface area contributed by atoms with Crippen molar-refractivity contribution >= 4 is 10.0 Å². The summed E-state index contributed by atoms with van der Waals surface area (Å²) in [4.78, 5) is 0.409. The van der Waals surface area contributed by atoms with E-state index in [1.165, 1.54) is 0 Å². The molecule has 116 valence electrons. The summed E-state index contributed by atoms with van der Waals surface area (Å²) in [5, 5.41) is 3.29.